The van der Waals surface area contributed by atoms with Gasteiger partial charge >= 0.3 is 6.09 Å². The summed E-state index contributed by atoms with van der Waals surface area (Å²) < 4.78 is 5.56. The molecule has 0 saturated carbocycles. The lowest BCUT2D eigenvalue weighted by molar-refractivity contribution is 0.00568. The Bertz CT molecular complexity index is 538. The summed E-state index contributed by atoms with van der Waals surface area (Å²) in [4.78, 5) is 14.4. The van der Waals surface area contributed by atoms with Crippen molar-refractivity contribution in [1.82, 2.24) is 15.1 Å². The van der Waals surface area contributed by atoms with Gasteiger partial charge in [0.15, 0.2) is 0 Å². The van der Waals surface area contributed by atoms with Crippen LogP contribution in [0.1, 0.15) is 58.1 Å². The van der Waals surface area contributed by atoms with Crippen molar-refractivity contribution in [1.29, 1.82) is 0 Å². The van der Waals surface area contributed by atoms with Crippen molar-refractivity contribution in [2.45, 2.75) is 70.1 Å². The molecule has 2 aliphatic rings. The number of ether oxygens (including phenoxy) is 1. The van der Waals surface area contributed by atoms with E-state index in [-0.39, 0.29) is 18.2 Å². The van der Waals surface area contributed by atoms with Crippen molar-refractivity contribution >= 4 is 11.9 Å². The molecule has 2 N–H and O–H groups in total. The minimum atomic E-state index is -0.449. The normalized spacial score (nSPS) is 27.8. The predicted octanol–water partition coefficient (Wildman–Crippen LogP) is 2.70. The number of amides is 1. The van der Waals surface area contributed by atoms with Crippen LogP contribution in [-0.4, -0.2) is 38.9 Å². The van der Waals surface area contributed by atoms with Crippen LogP contribution in [0.4, 0.5) is 10.6 Å². The zero-order valence-corrected chi connectivity index (χ0v) is 13.5. The Kier molecular flexibility index (Phi) is 3.70. The van der Waals surface area contributed by atoms with Crippen molar-refractivity contribution in [3.8, 4) is 0 Å². The van der Waals surface area contributed by atoms with E-state index in [4.69, 9.17) is 10.5 Å². The molecule has 2 fully saturated rings. The minimum Gasteiger partial charge on any atom is -0.444 e. The van der Waals surface area contributed by atoms with Gasteiger partial charge in [0.2, 0.25) is 0 Å². The molecule has 0 spiro atoms. The highest BCUT2D eigenvalue weighted by molar-refractivity contribution is 5.69. The van der Waals surface area contributed by atoms with Crippen LogP contribution in [0.3, 0.4) is 0 Å². The van der Waals surface area contributed by atoms with Crippen LogP contribution in [0.2, 0.25) is 0 Å². The molecule has 22 heavy (non-hydrogen) atoms. The summed E-state index contributed by atoms with van der Waals surface area (Å²) in [7, 11) is 0. The van der Waals surface area contributed by atoms with Gasteiger partial charge in [-0.1, -0.05) is 0 Å². The fraction of sp³-hybridized carbons (Fsp3) is 0.688. The largest absolute Gasteiger partial charge is 0.444 e. The Morgan fingerprint density at radius 1 is 1.23 bits per heavy atom. The number of hydrogen-bond acceptors (Lipinski definition) is 5. The summed E-state index contributed by atoms with van der Waals surface area (Å²) >= 11 is 0. The highest BCUT2D eigenvalue weighted by atomic mass is 16.6. The van der Waals surface area contributed by atoms with E-state index < -0.39 is 5.60 Å². The Labute approximate surface area is 131 Å². The zero-order valence-electron chi connectivity index (χ0n) is 13.5. The van der Waals surface area contributed by atoms with E-state index in [0.29, 0.717) is 11.7 Å². The number of carbonyl (C=O) groups excluding carboxylic acids is 1. The van der Waals surface area contributed by atoms with Gasteiger partial charge in [-0.05, 0) is 58.6 Å². The molecule has 0 aliphatic carbocycles. The van der Waals surface area contributed by atoms with Gasteiger partial charge in [-0.15, -0.1) is 5.10 Å². The number of fused-ring (bicyclic) bond motifs is 2. The number of nitrogens with two attached hydrogens (primary N) is 1. The van der Waals surface area contributed by atoms with Crippen molar-refractivity contribution in [3.05, 3.63) is 17.8 Å². The van der Waals surface area contributed by atoms with Gasteiger partial charge in [-0.3, -0.25) is 0 Å². The highest BCUT2D eigenvalue weighted by Gasteiger charge is 2.45. The first-order chi connectivity index (χ1) is 10.3. The molecule has 1 aromatic heterocycles. The molecule has 2 bridgehead atoms. The van der Waals surface area contributed by atoms with Crippen LogP contribution in [0.25, 0.3) is 0 Å². The third kappa shape index (κ3) is 3.00. The van der Waals surface area contributed by atoms with E-state index in [9.17, 15) is 4.79 Å². The topological polar surface area (TPSA) is 81.3 Å². The summed E-state index contributed by atoms with van der Waals surface area (Å²) in [6.07, 6.45) is 3.76. The lowest BCUT2D eigenvalue weighted by atomic mass is 9.88. The van der Waals surface area contributed by atoms with Gasteiger partial charge in [0.05, 0.1) is 5.69 Å². The number of nitrogens with zero attached hydrogens (tertiary/aromatic N) is 3. The molecular formula is C16H24N4O2. The lowest BCUT2D eigenvalue weighted by Gasteiger charge is -2.39. The molecule has 2 atom stereocenters. The first-order valence-electron chi connectivity index (χ1n) is 7.94. The molecule has 120 valence electrons. The van der Waals surface area contributed by atoms with E-state index in [1.54, 1.807) is 6.07 Å². The standard InChI is InChI=1S/C16H24N4O2/c1-16(2,3)22-15(21)20-11-4-5-12(20)9-10(8-11)13-6-7-14(17)19-18-13/h6-7,10-12H,4-5,8-9H2,1-3H3,(H2,17,19). The van der Waals surface area contributed by atoms with Crippen molar-refractivity contribution < 1.29 is 9.53 Å². The summed E-state index contributed by atoms with van der Waals surface area (Å²) in [5, 5.41) is 8.17. The van der Waals surface area contributed by atoms with Crippen molar-refractivity contribution in [2.24, 2.45) is 0 Å². The van der Waals surface area contributed by atoms with Gasteiger partial charge in [0.25, 0.3) is 0 Å². The zero-order chi connectivity index (χ0) is 15.9. The van der Waals surface area contributed by atoms with E-state index in [1.165, 1.54) is 0 Å². The molecule has 1 amide bonds. The fourth-order valence-electron chi connectivity index (χ4n) is 3.60. The molecule has 2 aliphatic heterocycles. The van der Waals surface area contributed by atoms with Crippen LogP contribution >= 0.6 is 0 Å². The van der Waals surface area contributed by atoms with Crippen LogP contribution in [0.15, 0.2) is 12.1 Å². The maximum atomic E-state index is 12.4. The van der Waals surface area contributed by atoms with Crippen molar-refractivity contribution in [3.63, 3.8) is 0 Å². The summed E-state index contributed by atoms with van der Waals surface area (Å²) in [6, 6.07) is 4.25. The molecule has 0 aromatic carbocycles. The van der Waals surface area contributed by atoms with Gasteiger partial charge in [0.1, 0.15) is 11.4 Å². The van der Waals surface area contributed by atoms with Crippen molar-refractivity contribution in [2.75, 3.05) is 5.73 Å². The van der Waals surface area contributed by atoms with E-state index in [0.717, 1.165) is 31.4 Å². The van der Waals surface area contributed by atoms with Gasteiger partial charge in [-0.2, -0.15) is 5.10 Å². The first-order valence-corrected chi connectivity index (χ1v) is 7.94. The minimum absolute atomic E-state index is 0.179. The molecule has 3 heterocycles. The second-order valence-electron chi connectivity index (χ2n) is 7.32. The van der Waals surface area contributed by atoms with Crippen LogP contribution in [0.5, 0.6) is 0 Å². The third-order valence-electron chi connectivity index (χ3n) is 4.46. The molecule has 6 nitrogen and oxygen atoms in total. The molecule has 3 rings (SSSR count). The molecule has 2 saturated heterocycles. The monoisotopic (exact) mass is 304 g/mol. The number of carbonyl (C=O) groups is 1. The van der Waals surface area contributed by atoms with Gasteiger partial charge in [-0.25, -0.2) is 4.79 Å². The van der Waals surface area contributed by atoms with Crippen LogP contribution < -0.4 is 5.73 Å². The molecule has 1 aromatic rings. The average molecular weight is 304 g/mol. The lowest BCUT2D eigenvalue weighted by Crippen LogP contribution is -2.48. The molecule has 0 radical (unpaired) electrons. The number of rotatable bonds is 1. The summed E-state index contributed by atoms with van der Waals surface area (Å²) in [6.45, 7) is 5.72. The summed E-state index contributed by atoms with van der Waals surface area (Å²) in [5.41, 5.74) is 6.13. The molecule has 6 heteroatoms. The third-order valence-corrected chi connectivity index (χ3v) is 4.46. The maximum Gasteiger partial charge on any atom is 0.410 e. The molecular weight excluding hydrogens is 280 g/mol. The number of anilines is 1. The highest BCUT2D eigenvalue weighted by Crippen LogP contribution is 2.43. The maximum absolute atomic E-state index is 12.4. The number of nitrogen functional groups attached to an aromatic ring is 1. The Hall–Kier alpha value is -1.85. The van der Waals surface area contributed by atoms with E-state index in [2.05, 4.69) is 10.2 Å². The average Bonchev–Trinajstić information content (AvgIpc) is 2.69. The summed E-state index contributed by atoms with van der Waals surface area (Å²) in [5.74, 6) is 0.794. The van der Waals surface area contributed by atoms with E-state index >= 15 is 0 Å². The first kappa shape index (κ1) is 15.1. The van der Waals surface area contributed by atoms with Gasteiger partial charge in [0, 0.05) is 18.0 Å². The van der Waals surface area contributed by atoms with Crippen LogP contribution in [0, 0.1) is 0 Å². The quantitative estimate of drug-likeness (QED) is 0.862. The number of piperidine rings is 1. The fourth-order valence-corrected chi connectivity index (χ4v) is 3.60. The molecule has 2 unspecified atom stereocenters. The SMILES string of the molecule is CC(C)(C)OC(=O)N1C2CCC1CC(c1ccc(N)nn1)C2. The Morgan fingerprint density at radius 3 is 2.36 bits per heavy atom. The van der Waals surface area contributed by atoms with E-state index in [1.807, 2.05) is 31.7 Å². The number of hydrogen-bond donors (Lipinski definition) is 1. The second kappa shape index (κ2) is 5.41. The smallest absolute Gasteiger partial charge is 0.410 e. The second-order valence-corrected chi connectivity index (χ2v) is 7.32. The van der Waals surface area contributed by atoms with Gasteiger partial charge < -0.3 is 15.4 Å². The Balaban J connectivity index is 1.71. The Morgan fingerprint density at radius 2 is 1.86 bits per heavy atom. The number of aromatic nitrogens is 2. The predicted molar refractivity (Wildman–Crippen MR) is 83.3 cm³/mol. The van der Waals surface area contributed by atoms with Crippen LogP contribution in [-0.2, 0) is 4.74 Å².